The number of nitrogen functional groups attached to an aromatic ring is 1. The number of anilines is 2. The number of aliphatic hydroxyl groups is 1. The van der Waals surface area contributed by atoms with Gasteiger partial charge in [0.2, 0.25) is 0 Å². The SMILES string of the molecule is CC(O)C1CCN(c2snc(N)c2C2CC2)CC1. The third kappa shape index (κ3) is 2.21. The summed E-state index contributed by atoms with van der Waals surface area (Å²) in [5.74, 6) is 1.86. The van der Waals surface area contributed by atoms with Gasteiger partial charge in [0.25, 0.3) is 0 Å². The Hall–Kier alpha value is -0.810. The van der Waals surface area contributed by atoms with E-state index < -0.39 is 0 Å². The second-order valence-electron chi connectivity index (χ2n) is 5.63. The van der Waals surface area contributed by atoms with Gasteiger partial charge in [0, 0.05) is 18.7 Å². The Balaban J connectivity index is 1.73. The molecule has 0 aromatic carbocycles. The summed E-state index contributed by atoms with van der Waals surface area (Å²) in [4.78, 5) is 2.42. The van der Waals surface area contributed by atoms with Gasteiger partial charge in [-0.3, -0.25) is 0 Å². The molecule has 3 N–H and O–H groups in total. The maximum atomic E-state index is 9.64. The van der Waals surface area contributed by atoms with Crippen molar-refractivity contribution in [3.63, 3.8) is 0 Å². The second-order valence-corrected chi connectivity index (χ2v) is 6.38. The first kappa shape index (κ1) is 12.2. The van der Waals surface area contributed by atoms with Gasteiger partial charge in [0.15, 0.2) is 0 Å². The fraction of sp³-hybridized carbons (Fsp3) is 0.769. The summed E-state index contributed by atoms with van der Waals surface area (Å²) >= 11 is 1.55. The Morgan fingerprint density at radius 2 is 2.00 bits per heavy atom. The third-order valence-corrected chi connectivity index (χ3v) is 5.17. The fourth-order valence-electron chi connectivity index (χ4n) is 2.87. The monoisotopic (exact) mass is 267 g/mol. The van der Waals surface area contributed by atoms with E-state index in [1.807, 2.05) is 6.92 Å². The lowest BCUT2D eigenvalue weighted by Gasteiger charge is -2.34. The maximum Gasteiger partial charge on any atom is 0.142 e. The summed E-state index contributed by atoms with van der Waals surface area (Å²) < 4.78 is 4.34. The second kappa shape index (κ2) is 4.70. The quantitative estimate of drug-likeness (QED) is 0.881. The van der Waals surface area contributed by atoms with Crippen LogP contribution in [-0.4, -0.2) is 28.7 Å². The summed E-state index contributed by atoms with van der Waals surface area (Å²) in [5.41, 5.74) is 7.30. The van der Waals surface area contributed by atoms with Gasteiger partial charge in [0.05, 0.1) is 6.10 Å². The Morgan fingerprint density at radius 3 is 2.56 bits per heavy atom. The van der Waals surface area contributed by atoms with Crippen LogP contribution in [0.4, 0.5) is 10.8 Å². The molecule has 1 aliphatic carbocycles. The van der Waals surface area contributed by atoms with Crippen molar-refractivity contribution in [2.45, 2.75) is 44.6 Å². The first-order valence-electron chi connectivity index (χ1n) is 6.85. The molecule has 1 atom stereocenters. The van der Waals surface area contributed by atoms with Gasteiger partial charge in [-0.1, -0.05) is 0 Å². The molecule has 18 heavy (non-hydrogen) atoms. The van der Waals surface area contributed by atoms with E-state index in [0.717, 1.165) is 31.7 Å². The van der Waals surface area contributed by atoms with Gasteiger partial charge in [-0.25, -0.2) is 0 Å². The van der Waals surface area contributed by atoms with Crippen LogP contribution in [0.25, 0.3) is 0 Å². The molecule has 1 aromatic rings. The predicted molar refractivity (Wildman–Crippen MR) is 75.1 cm³/mol. The minimum atomic E-state index is -0.179. The summed E-state index contributed by atoms with van der Waals surface area (Å²) in [6.45, 7) is 3.95. The van der Waals surface area contributed by atoms with Crippen molar-refractivity contribution in [3.8, 4) is 0 Å². The highest BCUT2D eigenvalue weighted by Crippen LogP contribution is 2.49. The van der Waals surface area contributed by atoms with Crippen molar-refractivity contribution in [1.82, 2.24) is 4.37 Å². The summed E-state index contributed by atoms with van der Waals surface area (Å²) in [7, 11) is 0. The van der Waals surface area contributed by atoms with E-state index in [9.17, 15) is 5.11 Å². The Bertz CT molecular complexity index is 420. The third-order valence-electron chi connectivity index (χ3n) is 4.23. The molecule has 4 nitrogen and oxygen atoms in total. The van der Waals surface area contributed by atoms with E-state index in [1.165, 1.54) is 23.4 Å². The number of nitrogens with zero attached hydrogens (tertiary/aromatic N) is 2. The lowest BCUT2D eigenvalue weighted by atomic mass is 9.92. The van der Waals surface area contributed by atoms with Crippen LogP contribution in [0, 0.1) is 5.92 Å². The number of hydrogen-bond donors (Lipinski definition) is 2. The average Bonchev–Trinajstić information content (AvgIpc) is 3.13. The minimum absolute atomic E-state index is 0.179. The molecular weight excluding hydrogens is 246 g/mol. The topological polar surface area (TPSA) is 62.4 Å². The number of aliphatic hydroxyl groups excluding tert-OH is 1. The number of nitrogens with two attached hydrogens (primary N) is 1. The molecule has 0 bridgehead atoms. The average molecular weight is 267 g/mol. The van der Waals surface area contributed by atoms with Crippen LogP contribution in [0.1, 0.15) is 44.1 Å². The molecule has 5 heteroatoms. The molecular formula is C13H21N3OS. The van der Waals surface area contributed by atoms with Gasteiger partial charge < -0.3 is 15.7 Å². The van der Waals surface area contributed by atoms with Crippen molar-refractivity contribution in [1.29, 1.82) is 0 Å². The summed E-state index contributed by atoms with van der Waals surface area (Å²) in [6, 6.07) is 0. The normalized spacial score (nSPS) is 23.3. The minimum Gasteiger partial charge on any atom is -0.393 e. The van der Waals surface area contributed by atoms with Crippen molar-refractivity contribution in [2.75, 3.05) is 23.7 Å². The zero-order valence-corrected chi connectivity index (χ0v) is 11.6. The van der Waals surface area contributed by atoms with Crippen LogP contribution in [0.3, 0.4) is 0 Å². The summed E-state index contributed by atoms with van der Waals surface area (Å²) in [6.07, 6.45) is 4.49. The standard InChI is InChI=1S/C13H21N3OS/c1-8(17)9-4-6-16(7-5-9)13-11(10-2-3-10)12(14)15-18-13/h8-10,17H,2-7H2,1H3,(H2,14,15). The zero-order chi connectivity index (χ0) is 12.7. The highest BCUT2D eigenvalue weighted by atomic mass is 32.1. The van der Waals surface area contributed by atoms with Crippen LogP contribution < -0.4 is 10.6 Å². The van der Waals surface area contributed by atoms with Crippen LogP contribution in [0.2, 0.25) is 0 Å². The van der Waals surface area contributed by atoms with Gasteiger partial charge in [0.1, 0.15) is 10.8 Å². The Kier molecular flexibility index (Phi) is 3.20. The molecule has 2 heterocycles. The van der Waals surface area contributed by atoms with Crippen LogP contribution in [-0.2, 0) is 0 Å². The lowest BCUT2D eigenvalue weighted by molar-refractivity contribution is 0.110. The van der Waals surface area contributed by atoms with Gasteiger partial charge in [-0.15, -0.1) is 0 Å². The van der Waals surface area contributed by atoms with Crippen LogP contribution in [0.15, 0.2) is 0 Å². The van der Waals surface area contributed by atoms with Gasteiger partial charge in [-0.2, -0.15) is 4.37 Å². The molecule has 0 spiro atoms. The molecule has 2 aliphatic rings. The molecule has 1 aliphatic heterocycles. The molecule has 1 aromatic heterocycles. The molecule has 1 unspecified atom stereocenters. The highest BCUT2D eigenvalue weighted by molar-refractivity contribution is 7.10. The van der Waals surface area contributed by atoms with Crippen LogP contribution in [0.5, 0.6) is 0 Å². The van der Waals surface area contributed by atoms with Crippen LogP contribution >= 0.6 is 11.5 Å². The van der Waals surface area contributed by atoms with E-state index in [4.69, 9.17) is 5.73 Å². The fourth-order valence-corrected chi connectivity index (χ4v) is 3.82. The van der Waals surface area contributed by atoms with Crippen molar-refractivity contribution in [3.05, 3.63) is 5.56 Å². The van der Waals surface area contributed by atoms with E-state index in [1.54, 1.807) is 11.5 Å². The van der Waals surface area contributed by atoms with E-state index in [2.05, 4.69) is 9.27 Å². The number of piperidine rings is 1. The molecule has 0 radical (unpaired) electrons. The summed E-state index contributed by atoms with van der Waals surface area (Å²) in [5, 5.41) is 10.9. The van der Waals surface area contributed by atoms with Crippen molar-refractivity contribution >= 4 is 22.4 Å². The maximum absolute atomic E-state index is 9.64. The first-order chi connectivity index (χ1) is 8.66. The molecule has 1 saturated carbocycles. The molecule has 0 amide bonds. The number of rotatable bonds is 3. The predicted octanol–water partition coefficient (Wildman–Crippen LogP) is 2.20. The first-order valence-corrected chi connectivity index (χ1v) is 7.62. The lowest BCUT2D eigenvalue weighted by Crippen LogP contribution is -2.37. The molecule has 2 fully saturated rings. The zero-order valence-electron chi connectivity index (χ0n) is 10.8. The Labute approximate surface area is 112 Å². The largest absolute Gasteiger partial charge is 0.393 e. The molecule has 100 valence electrons. The van der Waals surface area contributed by atoms with E-state index in [-0.39, 0.29) is 6.10 Å². The Morgan fingerprint density at radius 1 is 1.33 bits per heavy atom. The number of aromatic nitrogens is 1. The number of hydrogen-bond acceptors (Lipinski definition) is 5. The molecule has 1 saturated heterocycles. The van der Waals surface area contributed by atoms with Gasteiger partial charge >= 0.3 is 0 Å². The van der Waals surface area contributed by atoms with Gasteiger partial charge in [-0.05, 0) is 56.0 Å². The van der Waals surface area contributed by atoms with Crippen molar-refractivity contribution in [2.24, 2.45) is 5.92 Å². The highest BCUT2D eigenvalue weighted by Gasteiger charge is 2.33. The molecule has 3 rings (SSSR count). The van der Waals surface area contributed by atoms with E-state index in [0.29, 0.717) is 11.8 Å². The van der Waals surface area contributed by atoms with E-state index >= 15 is 0 Å². The van der Waals surface area contributed by atoms with Crippen molar-refractivity contribution < 1.29 is 5.11 Å². The smallest absolute Gasteiger partial charge is 0.142 e.